The monoisotopic (exact) mass is 291 g/mol. The molecule has 1 heterocycles. The zero-order valence-corrected chi connectivity index (χ0v) is 12.4. The van der Waals surface area contributed by atoms with Gasteiger partial charge in [0.25, 0.3) is 0 Å². The van der Waals surface area contributed by atoms with Gasteiger partial charge in [-0.25, -0.2) is 4.68 Å². The molecule has 1 aromatic heterocycles. The topological polar surface area (TPSA) is 46.9 Å². The number of halogens is 1. The van der Waals surface area contributed by atoms with Crippen LogP contribution in [0.3, 0.4) is 0 Å². The first kappa shape index (κ1) is 14.6. The number of rotatable bonds is 5. The van der Waals surface area contributed by atoms with Crippen molar-refractivity contribution in [1.29, 1.82) is 0 Å². The first-order chi connectivity index (χ1) is 9.58. The molecule has 0 spiro atoms. The highest BCUT2D eigenvalue weighted by Gasteiger charge is 2.08. The van der Waals surface area contributed by atoms with Crippen LogP contribution in [0.2, 0.25) is 5.02 Å². The Morgan fingerprint density at radius 2 is 2.05 bits per heavy atom. The fraction of sp³-hybridized carbons (Fsp3) is 0.333. The molecule has 0 saturated carbocycles. The Morgan fingerprint density at radius 1 is 1.35 bits per heavy atom. The number of nitrogens with one attached hydrogen (secondary N) is 1. The van der Waals surface area contributed by atoms with Crippen LogP contribution in [0.4, 0.5) is 5.82 Å². The molecule has 4 nitrogen and oxygen atoms in total. The van der Waals surface area contributed by atoms with Gasteiger partial charge in [0.2, 0.25) is 5.91 Å². The Bertz CT molecular complexity index is 590. The second-order valence-corrected chi connectivity index (χ2v) is 5.10. The van der Waals surface area contributed by atoms with E-state index >= 15 is 0 Å². The number of benzene rings is 1. The van der Waals surface area contributed by atoms with Gasteiger partial charge in [-0.05, 0) is 38.0 Å². The Labute approximate surface area is 123 Å². The molecule has 0 radical (unpaired) electrons. The van der Waals surface area contributed by atoms with E-state index in [9.17, 15) is 4.79 Å². The van der Waals surface area contributed by atoms with E-state index < -0.39 is 0 Å². The first-order valence-corrected chi connectivity index (χ1v) is 7.05. The molecule has 0 fully saturated rings. The minimum Gasteiger partial charge on any atom is -0.311 e. The molecule has 1 N–H and O–H groups in total. The van der Waals surface area contributed by atoms with Gasteiger partial charge in [-0.3, -0.25) is 4.79 Å². The Kier molecular flexibility index (Phi) is 4.79. The van der Waals surface area contributed by atoms with Crippen molar-refractivity contribution in [2.75, 3.05) is 5.32 Å². The molecule has 5 heteroatoms. The van der Waals surface area contributed by atoms with Gasteiger partial charge in [0.15, 0.2) is 0 Å². The maximum absolute atomic E-state index is 12.0. The molecule has 0 aliphatic carbocycles. The summed E-state index contributed by atoms with van der Waals surface area (Å²) in [4.78, 5) is 12.0. The van der Waals surface area contributed by atoms with Crippen molar-refractivity contribution in [3.05, 3.63) is 46.6 Å². The molecule has 2 aromatic rings. The Balaban J connectivity index is 1.90. The van der Waals surface area contributed by atoms with Gasteiger partial charge >= 0.3 is 0 Å². The summed E-state index contributed by atoms with van der Waals surface area (Å²) in [6.07, 6.45) is 1.14. The molecule has 1 aromatic carbocycles. The Hall–Kier alpha value is -1.81. The zero-order valence-electron chi connectivity index (χ0n) is 11.7. The van der Waals surface area contributed by atoms with E-state index in [1.54, 1.807) is 4.68 Å². The summed E-state index contributed by atoms with van der Waals surface area (Å²) in [6.45, 7) is 4.64. The van der Waals surface area contributed by atoms with E-state index in [1.165, 1.54) is 0 Å². The zero-order chi connectivity index (χ0) is 14.5. The fourth-order valence-corrected chi connectivity index (χ4v) is 2.13. The minimum absolute atomic E-state index is 0.00505. The number of aromatic nitrogens is 2. The predicted octanol–water partition coefficient (Wildman–Crippen LogP) is 3.44. The van der Waals surface area contributed by atoms with E-state index in [0.29, 0.717) is 17.9 Å². The lowest BCUT2D eigenvalue weighted by atomic mass is 10.1. The van der Waals surface area contributed by atoms with Crippen molar-refractivity contribution in [1.82, 2.24) is 9.78 Å². The largest absolute Gasteiger partial charge is 0.311 e. The lowest BCUT2D eigenvalue weighted by molar-refractivity contribution is -0.116. The number of carbonyl (C=O) groups is 1. The van der Waals surface area contributed by atoms with Crippen LogP contribution in [-0.2, 0) is 17.8 Å². The summed E-state index contributed by atoms with van der Waals surface area (Å²) in [6, 6.07) is 9.43. The van der Waals surface area contributed by atoms with E-state index in [-0.39, 0.29) is 5.91 Å². The highest BCUT2D eigenvalue weighted by molar-refractivity contribution is 6.30. The molecule has 106 valence electrons. The van der Waals surface area contributed by atoms with Crippen LogP contribution >= 0.6 is 11.6 Å². The van der Waals surface area contributed by atoms with Gasteiger partial charge in [-0.1, -0.05) is 23.7 Å². The van der Waals surface area contributed by atoms with Gasteiger partial charge in [0.1, 0.15) is 5.82 Å². The smallest absolute Gasteiger partial charge is 0.225 e. The number of hydrogen-bond donors (Lipinski definition) is 1. The van der Waals surface area contributed by atoms with Crippen molar-refractivity contribution < 1.29 is 4.79 Å². The average Bonchev–Trinajstić information content (AvgIpc) is 2.78. The molecule has 0 bridgehead atoms. The molecule has 20 heavy (non-hydrogen) atoms. The van der Waals surface area contributed by atoms with Crippen molar-refractivity contribution in [3.63, 3.8) is 0 Å². The summed E-state index contributed by atoms with van der Waals surface area (Å²) in [7, 11) is 0. The fourth-order valence-electron chi connectivity index (χ4n) is 2.00. The standard InChI is InChI=1S/C15H18ClN3O/c1-3-19-14(10-11(2)18-19)17-15(20)9-6-12-4-7-13(16)8-5-12/h4-5,7-8,10H,3,6,9H2,1-2H3,(H,17,20). The molecule has 0 aliphatic rings. The summed E-state index contributed by atoms with van der Waals surface area (Å²) in [5.74, 6) is 0.751. The minimum atomic E-state index is -0.00505. The van der Waals surface area contributed by atoms with Crippen LogP contribution in [0.25, 0.3) is 0 Å². The second kappa shape index (κ2) is 6.57. The second-order valence-electron chi connectivity index (χ2n) is 4.66. The number of carbonyl (C=O) groups excluding carboxylic acids is 1. The van der Waals surface area contributed by atoms with Crippen LogP contribution in [0, 0.1) is 6.92 Å². The first-order valence-electron chi connectivity index (χ1n) is 6.67. The summed E-state index contributed by atoms with van der Waals surface area (Å²) >= 11 is 5.83. The molecule has 0 unspecified atom stereocenters. The van der Waals surface area contributed by atoms with Gasteiger partial charge in [0, 0.05) is 24.1 Å². The van der Waals surface area contributed by atoms with Crippen LogP contribution in [0.1, 0.15) is 24.6 Å². The number of aryl methyl sites for hydroxylation is 3. The molecule has 0 saturated heterocycles. The predicted molar refractivity (Wildman–Crippen MR) is 81.0 cm³/mol. The van der Waals surface area contributed by atoms with Gasteiger partial charge in [-0.2, -0.15) is 5.10 Å². The summed E-state index contributed by atoms with van der Waals surface area (Å²) in [5.41, 5.74) is 2.00. The average molecular weight is 292 g/mol. The van der Waals surface area contributed by atoms with Crippen molar-refractivity contribution in [2.24, 2.45) is 0 Å². The SMILES string of the molecule is CCn1nc(C)cc1NC(=O)CCc1ccc(Cl)cc1. The van der Waals surface area contributed by atoms with E-state index in [4.69, 9.17) is 11.6 Å². The quantitative estimate of drug-likeness (QED) is 0.917. The van der Waals surface area contributed by atoms with Crippen LogP contribution in [-0.4, -0.2) is 15.7 Å². The van der Waals surface area contributed by atoms with E-state index in [0.717, 1.165) is 23.6 Å². The number of anilines is 1. The number of amides is 1. The molecule has 1 amide bonds. The third-order valence-electron chi connectivity index (χ3n) is 3.02. The van der Waals surface area contributed by atoms with Crippen LogP contribution in [0.5, 0.6) is 0 Å². The normalized spacial score (nSPS) is 10.6. The van der Waals surface area contributed by atoms with Crippen molar-refractivity contribution >= 4 is 23.3 Å². The van der Waals surface area contributed by atoms with Crippen LogP contribution in [0.15, 0.2) is 30.3 Å². The Morgan fingerprint density at radius 3 is 2.70 bits per heavy atom. The highest BCUT2D eigenvalue weighted by Crippen LogP contribution is 2.13. The highest BCUT2D eigenvalue weighted by atomic mass is 35.5. The lowest BCUT2D eigenvalue weighted by Crippen LogP contribution is -2.15. The number of nitrogens with zero attached hydrogens (tertiary/aromatic N) is 2. The van der Waals surface area contributed by atoms with E-state index in [2.05, 4.69) is 10.4 Å². The maximum Gasteiger partial charge on any atom is 0.225 e. The lowest BCUT2D eigenvalue weighted by Gasteiger charge is -2.07. The van der Waals surface area contributed by atoms with Crippen molar-refractivity contribution in [3.8, 4) is 0 Å². The van der Waals surface area contributed by atoms with Crippen molar-refractivity contribution in [2.45, 2.75) is 33.2 Å². The molecule has 0 atom stereocenters. The van der Waals surface area contributed by atoms with E-state index in [1.807, 2.05) is 44.2 Å². The molecule has 2 rings (SSSR count). The summed E-state index contributed by atoms with van der Waals surface area (Å²) < 4.78 is 1.79. The maximum atomic E-state index is 12.0. The third-order valence-corrected chi connectivity index (χ3v) is 3.28. The van der Waals surface area contributed by atoms with Gasteiger partial charge in [-0.15, -0.1) is 0 Å². The third kappa shape index (κ3) is 3.84. The molecular formula is C15H18ClN3O. The van der Waals surface area contributed by atoms with Gasteiger partial charge < -0.3 is 5.32 Å². The van der Waals surface area contributed by atoms with Crippen LogP contribution < -0.4 is 5.32 Å². The molecular weight excluding hydrogens is 274 g/mol. The van der Waals surface area contributed by atoms with Gasteiger partial charge in [0.05, 0.1) is 5.69 Å². The summed E-state index contributed by atoms with van der Waals surface area (Å²) in [5, 5.41) is 7.91. The molecule has 0 aliphatic heterocycles. The number of hydrogen-bond acceptors (Lipinski definition) is 2.